The van der Waals surface area contributed by atoms with Crippen LogP contribution in [0.3, 0.4) is 0 Å². The van der Waals surface area contributed by atoms with Crippen LogP contribution in [0.5, 0.6) is 17.2 Å². The first-order chi connectivity index (χ1) is 19.3. The molecule has 40 heavy (non-hydrogen) atoms. The van der Waals surface area contributed by atoms with Gasteiger partial charge in [0.25, 0.3) is 17.4 Å². The average molecular weight is 555 g/mol. The number of urea groups is 1. The third-order valence-electron chi connectivity index (χ3n) is 5.06. The number of hydrogen-bond donors (Lipinski definition) is 2. The van der Waals surface area contributed by atoms with E-state index >= 15 is 0 Å². The van der Waals surface area contributed by atoms with Crippen LogP contribution in [0.15, 0.2) is 60.8 Å². The number of nitrogens with zero attached hydrogens (tertiary/aromatic N) is 2. The van der Waals surface area contributed by atoms with Crippen molar-refractivity contribution in [2.45, 2.75) is 60.0 Å². The maximum absolute atomic E-state index is 12.5. The lowest BCUT2D eigenvalue weighted by Crippen LogP contribution is -2.69. The largest absolute Gasteiger partial charge is 0.467 e. The molecule has 4 amide bonds. The smallest absolute Gasteiger partial charge is 0.328 e. The second-order valence-electron chi connectivity index (χ2n) is 8.09. The van der Waals surface area contributed by atoms with Crippen LogP contribution in [0.4, 0.5) is 4.79 Å². The molecule has 1 aliphatic rings. The van der Waals surface area contributed by atoms with Gasteiger partial charge in [-0.15, -0.1) is 0 Å². The molecule has 2 aromatic carbocycles. The first-order valence-corrected chi connectivity index (χ1v) is 13.5. The SMILES string of the molecule is CC.CC.CCC.COCCC1(Oc2ccc(Oc3ccc(-c4ccn(C)n4)cc3)cc2)C(=O)NC(=O)NC1=O. The number of imide groups is 2. The Morgan fingerprint density at radius 3 is 1.73 bits per heavy atom. The molecule has 10 nitrogen and oxygen atoms in total. The van der Waals surface area contributed by atoms with E-state index in [4.69, 9.17) is 14.2 Å². The van der Waals surface area contributed by atoms with Crippen LogP contribution in [0.1, 0.15) is 54.4 Å². The van der Waals surface area contributed by atoms with Gasteiger partial charge in [-0.1, -0.05) is 48.0 Å². The first kappa shape index (κ1) is 33.8. The molecule has 0 unspecified atom stereocenters. The number of amides is 4. The molecule has 1 aromatic heterocycles. The van der Waals surface area contributed by atoms with Crippen LogP contribution >= 0.6 is 0 Å². The number of benzene rings is 2. The highest BCUT2D eigenvalue weighted by molar-refractivity contribution is 6.21. The highest BCUT2D eigenvalue weighted by atomic mass is 16.5. The van der Waals surface area contributed by atoms with Crippen molar-refractivity contribution < 1.29 is 28.6 Å². The van der Waals surface area contributed by atoms with Gasteiger partial charge in [-0.25, -0.2) is 4.79 Å². The Labute approximate surface area is 237 Å². The van der Waals surface area contributed by atoms with Gasteiger partial charge in [-0.2, -0.15) is 5.10 Å². The third kappa shape index (κ3) is 9.23. The molecule has 0 saturated carbocycles. The molecule has 10 heteroatoms. The summed E-state index contributed by atoms with van der Waals surface area (Å²) in [5.41, 5.74) is -0.0887. The van der Waals surface area contributed by atoms with Crippen molar-refractivity contribution in [2.24, 2.45) is 7.05 Å². The van der Waals surface area contributed by atoms with Crippen LogP contribution in [-0.4, -0.2) is 46.9 Å². The molecule has 0 spiro atoms. The van der Waals surface area contributed by atoms with Crippen molar-refractivity contribution in [3.63, 3.8) is 0 Å². The fraction of sp³-hybridized carbons (Fsp3) is 0.400. The van der Waals surface area contributed by atoms with Gasteiger partial charge < -0.3 is 14.2 Å². The van der Waals surface area contributed by atoms with Gasteiger partial charge in [-0.3, -0.25) is 24.9 Å². The summed E-state index contributed by atoms with van der Waals surface area (Å²) in [6.45, 7) is 12.3. The molecule has 0 atom stereocenters. The number of ether oxygens (including phenoxy) is 3. The quantitative estimate of drug-likeness (QED) is 0.334. The summed E-state index contributed by atoms with van der Waals surface area (Å²) >= 11 is 0. The van der Waals surface area contributed by atoms with Crippen molar-refractivity contribution in [2.75, 3.05) is 13.7 Å². The third-order valence-corrected chi connectivity index (χ3v) is 5.06. The Morgan fingerprint density at radius 1 is 0.800 bits per heavy atom. The van der Waals surface area contributed by atoms with Gasteiger partial charge in [0, 0.05) is 32.3 Å². The van der Waals surface area contributed by atoms with E-state index in [1.54, 1.807) is 28.9 Å². The van der Waals surface area contributed by atoms with Crippen LogP contribution in [0, 0.1) is 0 Å². The topological polar surface area (TPSA) is 121 Å². The minimum atomic E-state index is -1.92. The molecule has 0 bridgehead atoms. The zero-order valence-electron chi connectivity index (χ0n) is 24.7. The minimum absolute atomic E-state index is 0.0741. The Morgan fingerprint density at radius 2 is 1.27 bits per heavy atom. The zero-order chi connectivity index (χ0) is 30.1. The number of methoxy groups -OCH3 is 1. The predicted octanol–water partition coefficient (Wildman–Crippen LogP) is 5.87. The fourth-order valence-corrected chi connectivity index (χ4v) is 3.33. The lowest BCUT2D eigenvalue weighted by atomic mass is 9.95. The molecule has 2 N–H and O–H groups in total. The van der Waals surface area contributed by atoms with E-state index in [1.165, 1.54) is 13.5 Å². The number of aryl methyl sites for hydroxylation is 1. The van der Waals surface area contributed by atoms with Gasteiger partial charge >= 0.3 is 6.03 Å². The molecular formula is C30H42N4O6. The molecule has 1 aliphatic heterocycles. The van der Waals surface area contributed by atoms with Crippen molar-refractivity contribution in [3.05, 3.63) is 60.8 Å². The van der Waals surface area contributed by atoms with Crippen LogP contribution in [0.25, 0.3) is 11.3 Å². The van der Waals surface area contributed by atoms with E-state index in [1.807, 2.05) is 71.3 Å². The summed E-state index contributed by atoms with van der Waals surface area (Å²) in [4.78, 5) is 36.4. The number of barbiturate groups is 1. The number of carbonyl (C=O) groups excluding carboxylic acids is 3. The summed E-state index contributed by atoms with van der Waals surface area (Å²) < 4.78 is 18.4. The van der Waals surface area contributed by atoms with Crippen molar-refractivity contribution in [1.29, 1.82) is 0 Å². The molecule has 4 rings (SSSR count). The zero-order valence-corrected chi connectivity index (χ0v) is 24.7. The summed E-state index contributed by atoms with van der Waals surface area (Å²) in [5, 5.41) is 8.51. The van der Waals surface area contributed by atoms with E-state index in [9.17, 15) is 14.4 Å². The summed E-state index contributed by atoms with van der Waals surface area (Å²) in [7, 11) is 3.30. The molecule has 0 aliphatic carbocycles. The molecule has 2 heterocycles. The molecule has 1 fully saturated rings. The molecule has 0 radical (unpaired) electrons. The van der Waals surface area contributed by atoms with Crippen LogP contribution in [-0.2, 0) is 21.4 Å². The standard InChI is InChI=1S/C23H22N4O6.C3H8.2C2H6/c1-27-13-11-19(26-27)15-3-5-16(6-4-15)32-17-7-9-18(10-8-17)33-23(12-14-31-2)20(28)24-22(30)25-21(23)29;1-3-2;2*1-2/h3-11,13H,12,14H2,1-2H3,(H2,24,25,28,29,30);3H2,1-2H3;2*1-2H3. The highest BCUT2D eigenvalue weighted by Crippen LogP contribution is 2.29. The van der Waals surface area contributed by atoms with Gasteiger partial charge in [0.15, 0.2) is 0 Å². The van der Waals surface area contributed by atoms with Gasteiger partial charge in [0.05, 0.1) is 12.3 Å². The normalized spacial score (nSPS) is 13.2. The van der Waals surface area contributed by atoms with E-state index < -0.39 is 23.4 Å². The van der Waals surface area contributed by atoms with E-state index in [2.05, 4.69) is 29.6 Å². The lowest BCUT2D eigenvalue weighted by Gasteiger charge is -2.34. The van der Waals surface area contributed by atoms with E-state index in [0.29, 0.717) is 11.5 Å². The number of aromatic nitrogens is 2. The summed E-state index contributed by atoms with van der Waals surface area (Å²) in [6.07, 6.45) is 3.05. The monoisotopic (exact) mass is 554 g/mol. The van der Waals surface area contributed by atoms with Crippen molar-refractivity contribution in [3.8, 4) is 28.5 Å². The number of hydrogen-bond acceptors (Lipinski definition) is 7. The number of nitrogens with one attached hydrogen (secondary N) is 2. The number of carbonyl (C=O) groups is 3. The van der Waals surface area contributed by atoms with Gasteiger partial charge in [-0.05, 0) is 54.6 Å². The Balaban J connectivity index is 0.00000105. The number of rotatable bonds is 8. The van der Waals surface area contributed by atoms with E-state index in [0.717, 1.165) is 11.3 Å². The van der Waals surface area contributed by atoms with Crippen molar-refractivity contribution in [1.82, 2.24) is 20.4 Å². The highest BCUT2D eigenvalue weighted by Gasteiger charge is 2.52. The molecule has 1 saturated heterocycles. The first-order valence-electron chi connectivity index (χ1n) is 13.5. The van der Waals surface area contributed by atoms with Crippen LogP contribution in [0.2, 0.25) is 0 Å². The molecular weight excluding hydrogens is 512 g/mol. The average Bonchev–Trinajstić information content (AvgIpc) is 3.40. The van der Waals surface area contributed by atoms with Gasteiger partial charge in [0.1, 0.15) is 17.2 Å². The second kappa shape index (κ2) is 17.4. The summed E-state index contributed by atoms with van der Waals surface area (Å²) in [5.74, 6) is -0.275. The maximum Gasteiger partial charge on any atom is 0.328 e. The second-order valence-corrected chi connectivity index (χ2v) is 8.09. The van der Waals surface area contributed by atoms with Crippen molar-refractivity contribution >= 4 is 17.8 Å². The molecule has 3 aromatic rings. The van der Waals surface area contributed by atoms with Crippen LogP contribution < -0.4 is 20.1 Å². The Kier molecular flexibility index (Phi) is 14.7. The van der Waals surface area contributed by atoms with Gasteiger partial charge in [0.2, 0.25) is 0 Å². The molecule has 218 valence electrons. The lowest BCUT2D eigenvalue weighted by molar-refractivity contribution is -0.153. The Bertz CT molecular complexity index is 1170. The minimum Gasteiger partial charge on any atom is -0.467 e. The maximum atomic E-state index is 12.5. The van der Waals surface area contributed by atoms with E-state index in [-0.39, 0.29) is 18.8 Å². The predicted molar refractivity (Wildman–Crippen MR) is 155 cm³/mol. The Hall–Kier alpha value is -4.18. The summed E-state index contributed by atoms with van der Waals surface area (Å²) in [6, 6.07) is 15.0. The fourth-order valence-electron chi connectivity index (χ4n) is 3.33.